The summed E-state index contributed by atoms with van der Waals surface area (Å²) in [6.45, 7) is 0.723. The maximum Gasteiger partial charge on any atom is 0.331 e. The molecular weight excluding hydrogens is 168 g/mol. The molecule has 72 valence electrons. The summed E-state index contributed by atoms with van der Waals surface area (Å²) in [6.07, 6.45) is 0. The number of aliphatic carboxylic acids is 1. The average Bonchev–Trinajstić information content (AvgIpc) is 2.06. The zero-order valence-electron chi connectivity index (χ0n) is 6.69. The molecule has 3 N–H and O–H groups in total. The molecule has 0 unspecified atom stereocenters. The molecule has 0 aliphatic carbocycles. The fourth-order valence-corrected chi connectivity index (χ4v) is 0.207. The van der Waals surface area contributed by atoms with E-state index in [9.17, 15) is 4.79 Å². The van der Waals surface area contributed by atoms with Crippen molar-refractivity contribution >= 4 is 11.9 Å². The van der Waals surface area contributed by atoms with E-state index in [2.05, 4.69) is 4.74 Å². The van der Waals surface area contributed by atoms with Crippen molar-refractivity contribution in [3.63, 3.8) is 0 Å². The van der Waals surface area contributed by atoms with Gasteiger partial charge >= 0.3 is 11.9 Å². The lowest BCUT2D eigenvalue weighted by Gasteiger charge is -1.93. The summed E-state index contributed by atoms with van der Waals surface area (Å²) in [4.78, 5) is 19.1. The van der Waals surface area contributed by atoms with Gasteiger partial charge in [0, 0.05) is 0 Å². The van der Waals surface area contributed by atoms with Crippen LogP contribution < -0.4 is 0 Å². The van der Waals surface area contributed by atoms with Gasteiger partial charge in [-0.3, -0.25) is 0 Å². The molecule has 0 saturated heterocycles. The number of aliphatic hydroxyl groups is 2. The van der Waals surface area contributed by atoms with E-state index >= 15 is 0 Å². The molecule has 0 spiro atoms. The summed E-state index contributed by atoms with van der Waals surface area (Å²) >= 11 is 0. The van der Waals surface area contributed by atoms with Crippen molar-refractivity contribution in [3.05, 3.63) is 0 Å². The molecular formula is C6H12O6. The third kappa shape index (κ3) is 15.9. The van der Waals surface area contributed by atoms with Crippen molar-refractivity contribution in [2.75, 3.05) is 19.8 Å². The molecule has 0 aliphatic heterocycles. The molecule has 0 saturated carbocycles. The molecule has 0 rings (SSSR count). The topological polar surface area (TPSA) is 104 Å². The summed E-state index contributed by atoms with van der Waals surface area (Å²) in [5.41, 5.74) is 0. The maximum absolute atomic E-state index is 9.94. The molecule has 12 heavy (non-hydrogen) atoms. The van der Waals surface area contributed by atoms with Crippen LogP contribution in [0.25, 0.3) is 0 Å². The SMILES string of the molecule is CCOC(=O)CO.O=C(O)CO. The van der Waals surface area contributed by atoms with E-state index in [1.54, 1.807) is 6.92 Å². The number of hydrogen-bond acceptors (Lipinski definition) is 5. The average molecular weight is 180 g/mol. The van der Waals surface area contributed by atoms with Crippen molar-refractivity contribution in [1.82, 2.24) is 0 Å². The van der Waals surface area contributed by atoms with Crippen LogP contribution in [0.5, 0.6) is 0 Å². The van der Waals surface area contributed by atoms with Gasteiger partial charge in [0.2, 0.25) is 0 Å². The number of carbonyl (C=O) groups is 2. The quantitative estimate of drug-likeness (QED) is 0.462. The fraction of sp³-hybridized carbons (Fsp3) is 0.667. The van der Waals surface area contributed by atoms with E-state index < -0.39 is 25.2 Å². The van der Waals surface area contributed by atoms with Crippen LogP contribution in [0.1, 0.15) is 6.92 Å². The van der Waals surface area contributed by atoms with E-state index in [4.69, 9.17) is 20.1 Å². The minimum atomic E-state index is -1.19. The van der Waals surface area contributed by atoms with E-state index in [0.717, 1.165) is 0 Å². The Hall–Kier alpha value is -1.14. The van der Waals surface area contributed by atoms with E-state index in [1.165, 1.54) is 0 Å². The largest absolute Gasteiger partial charge is 0.480 e. The van der Waals surface area contributed by atoms with Crippen LogP contribution in [0.4, 0.5) is 0 Å². The van der Waals surface area contributed by atoms with E-state index in [1.807, 2.05) is 0 Å². The van der Waals surface area contributed by atoms with Gasteiger partial charge in [0.25, 0.3) is 0 Å². The van der Waals surface area contributed by atoms with Crippen LogP contribution in [-0.2, 0) is 14.3 Å². The van der Waals surface area contributed by atoms with Gasteiger partial charge in [0.15, 0.2) is 0 Å². The fourth-order valence-electron chi connectivity index (χ4n) is 0.207. The van der Waals surface area contributed by atoms with Gasteiger partial charge in [-0.2, -0.15) is 0 Å². The summed E-state index contributed by atoms with van der Waals surface area (Å²) < 4.78 is 4.30. The second-order valence-corrected chi connectivity index (χ2v) is 1.51. The smallest absolute Gasteiger partial charge is 0.331 e. The van der Waals surface area contributed by atoms with Crippen molar-refractivity contribution in [2.24, 2.45) is 0 Å². The second-order valence-electron chi connectivity index (χ2n) is 1.51. The molecule has 6 nitrogen and oxygen atoms in total. The van der Waals surface area contributed by atoms with Gasteiger partial charge in [-0.05, 0) is 6.92 Å². The molecule has 0 heterocycles. The standard InChI is InChI=1S/C4H8O3.C2H4O3/c1-2-7-4(6)3-5;3-1-2(4)5/h5H,2-3H2,1H3;3H,1H2,(H,4,5). The highest BCUT2D eigenvalue weighted by molar-refractivity contribution is 5.70. The molecule has 0 aromatic carbocycles. The first-order chi connectivity index (χ1) is 5.58. The summed E-state index contributed by atoms with van der Waals surface area (Å²) in [5, 5.41) is 23.0. The Morgan fingerprint density at radius 1 is 1.25 bits per heavy atom. The summed E-state index contributed by atoms with van der Waals surface area (Å²) in [7, 11) is 0. The highest BCUT2D eigenvalue weighted by Crippen LogP contribution is 1.71. The van der Waals surface area contributed by atoms with Gasteiger partial charge in [0.1, 0.15) is 13.2 Å². The normalized spacial score (nSPS) is 7.92. The number of ether oxygens (including phenoxy) is 1. The van der Waals surface area contributed by atoms with Gasteiger partial charge in [-0.1, -0.05) is 0 Å². The first-order valence-electron chi connectivity index (χ1n) is 3.17. The predicted octanol–water partition coefficient (Wildman–Crippen LogP) is -1.39. The molecule has 0 radical (unpaired) electrons. The van der Waals surface area contributed by atoms with Gasteiger partial charge < -0.3 is 20.1 Å². The van der Waals surface area contributed by atoms with Crippen LogP contribution in [0.2, 0.25) is 0 Å². The minimum Gasteiger partial charge on any atom is -0.480 e. The van der Waals surface area contributed by atoms with Crippen LogP contribution in [-0.4, -0.2) is 47.1 Å². The van der Waals surface area contributed by atoms with Gasteiger partial charge in [-0.15, -0.1) is 0 Å². The molecule has 0 amide bonds. The molecule has 0 fully saturated rings. The number of carboxylic acid groups (broad SMARTS) is 1. The number of esters is 1. The van der Waals surface area contributed by atoms with Crippen LogP contribution in [0, 0.1) is 0 Å². The lowest BCUT2D eigenvalue weighted by atomic mass is 10.7. The molecule has 0 aromatic heterocycles. The monoisotopic (exact) mass is 180 g/mol. The molecule has 6 heteroatoms. The Labute approximate surface area is 69.4 Å². The van der Waals surface area contributed by atoms with Crippen molar-refractivity contribution in [1.29, 1.82) is 0 Å². The van der Waals surface area contributed by atoms with Crippen molar-refractivity contribution < 1.29 is 29.6 Å². The Morgan fingerprint density at radius 3 is 1.75 bits per heavy atom. The van der Waals surface area contributed by atoms with E-state index in [0.29, 0.717) is 6.61 Å². The Balaban J connectivity index is 0. The van der Waals surface area contributed by atoms with Gasteiger partial charge in [0.05, 0.1) is 6.61 Å². The highest BCUT2D eigenvalue weighted by Gasteiger charge is 1.92. The number of carboxylic acids is 1. The Kier molecular flexibility index (Phi) is 11.1. The highest BCUT2D eigenvalue weighted by atomic mass is 16.5. The lowest BCUT2D eigenvalue weighted by molar-refractivity contribution is -0.146. The molecule has 0 bridgehead atoms. The molecule has 0 atom stereocenters. The van der Waals surface area contributed by atoms with Gasteiger partial charge in [-0.25, -0.2) is 9.59 Å². The first-order valence-corrected chi connectivity index (χ1v) is 3.17. The third-order valence-electron chi connectivity index (χ3n) is 0.570. The van der Waals surface area contributed by atoms with Crippen LogP contribution in [0.15, 0.2) is 0 Å². The van der Waals surface area contributed by atoms with Crippen LogP contribution >= 0.6 is 0 Å². The number of rotatable bonds is 3. The lowest BCUT2D eigenvalue weighted by Crippen LogP contribution is -2.07. The number of aliphatic hydroxyl groups excluding tert-OH is 2. The second kappa shape index (κ2) is 9.86. The maximum atomic E-state index is 9.94. The number of hydrogen-bond donors (Lipinski definition) is 3. The Morgan fingerprint density at radius 2 is 1.67 bits per heavy atom. The van der Waals surface area contributed by atoms with Crippen molar-refractivity contribution in [2.45, 2.75) is 6.92 Å². The van der Waals surface area contributed by atoms with Crippen molar-refractivity contribution in [3.8, 4) is 0 Å². The first kappa shape index (κ1) is 13.4. The minimum absolute atomic E-state index is 0.333. The zero-order chi connectivity index (χ0) is 9.98. The Bertz CT molecular complexity index is 132. The summed E-state index contributed by atoms with van der Waals surface area (Å²) in [6, 6.07) is 0. The molecule has 0 aromatic rings. The number of carbonyl (C=O) groups excluding carboxylic acids is 1. The predicted molar refractivity (Wildman–Crippen MR) is 38.4 cm³/mol. The zero-order valence-corrected chi connectivity index (χ0v) is 6.69. The summed E-state index contributed by atoms with van der Waals surface area (Å²) in [5.74, 6) is -1.76. The molecule has 0 aliphatic rings. The van der Waals surface area contributed by atoms with E-state index in [-0.39, 0.29) is 0 Å². The van der Waals surface area contributed by atoms with Crippen LogP contribution in [0.3, 0.4) is 0 Å². The third-order valence-corrected chi connectivity index (χ3v) is 0.570.